The Kier molecular flexibility index (Phi) is 13.5. The van der Waals surface area contributed by atoms with Crippen LogP contribution in [0.25, 0.3) is 0 Å². The van der Waals surface area contributed by atoms with Gasteiger partial charge in [0.1, 0.15) is 0 Å². The van der Waals surface area contributed by atoms with Crippen molar-refractivity contribution in [3.8, 4) is 0 Å². The Morgan fingerprint density at radius 3 is 1.94 bits per heavy atom. The molecule has 0 aromatic heterocycles. The van der Waals surface area contributed by atoms with E-state index in [1.165, 1.54) is 51.4 Å². The van der Waals surface area contributed by atoms with E-state index in [-0.39, 0.29) is 5.78 Å². The summed E-state index contributed by atoms with van der Waals surface area (Å²) >= 11 is 0. The quantitative estimate of drug-likeness (QED) is 0.325. The molecule has 0 unspecified atom stereocenters. The summed E-state index contributed by atoms with van der Waals surface area (Å²) in [4.78, 5) is 11.3. The molecule has 0 saturated carbocycles. The van der Waals surface area contributed by atoms with E-state index < -0.39 is 0 Å². The first kappa shape index (κ1) is 17.2. The third-order valence-corrected chi connectivity index (χ3v) is 3.02. The van der Waals surface area contributed by atoms with Crippen molar-refractivity contribution in [2.75, 3.05) is 0 Å². The molecule has 104 valence electrons. The zero-order valence-corrected chi connectivity index (χ0v) is 12.3. The summed E-state index contributed by atoms with van der Waals surface area (Å²) in [5, 5.41) is 0. The van der Waals surface area contributed by atoms with Crippen molar-refractivity contribution < 1.29 is 4.79 Å². The van der Waals surface area contributed by atoms with Crippen molar-refractivity contribution in [2.24, 2.45) is 0 Å². The van der Waals surface area contributed by atoms with Crippen molar-refractivity contribution in [3.63, 3.8) is 0 Å². The van der Waals surface area contributed by atoms with Gasteiger partial charge in [-0.3, -0.25) is 4.79 Å². The second-order valence-electron chi connectivity index (χ2n) is 4.88. The molecule has 0 fully saturated rings. The van der Waals surface area contributed by atoms with Crippen LogP contribution in [0.1, 0.15) is 78.1 Å². The average molecular weight is 250 g/mol. The second kappa shape index (κ2) is 14.2. The predicted molar refractivity (Wildman–Crippen MR) is 80.8 cm³/mol. The summed E-state index contributed by atoms with van der Waals surface area (Å²) < 4.78 is 0. The smallest absolute Gasteiger partial charge is 0.177 e. The maximum Gasteiger partial charge on any atom is 0.177 e. The van der Waals surface area contributed by atoms with Gasteiger partial charge in [0.25, 0.3) is 0 Å². The fourth-order valence-electron chi connectivity index (χ4n) is 1.89. The molecular formula is C17H30O. The molecule has 0 heterocycles. The van der Waals surface area contributed by atoms with E-state index >= 15 is 0 Å². The van der Waals surface area contributed by atoms with Gasteiger partial charge in [-0.2, -0.15) is 0 Å². The van der Waals surface area contributed by atoms with E-state index in [4.69, 9.17) is 0 Å². The van der Waals surface area contributed by atoms with Crippen molar-refractivity contribution in [3.05, 3.63) is 24.3 Å². The molecular weight excluding hydrogens is 220 g/mol. The Hall–Kier alpha value is -0.850. The Balaban J connectivity index is 3.27. The fourth-order valence-corrected chi connectivity index (χ4v) is 1.89. The molecule has 0 aliphatic carbocycles. The van der Waals surface area contributed by atoms with Crippen molar-refractivity contribution in [1.29, 1.82) is 0 Å². The highest BCUT2D eigenvalue weighted by molar-refractivity contribution is 5.99. The van der Waals surface area contributed by atoms with E-state index in [1.54, 1.807) is 12.2 Å². The monoisotopic (exact) mass is 250 g/mol. The lowest BCUT2D eigenvalue weighted by molar-refractivity contribution is -0.110. The lowest BCUT2D eigenvalue weighted by Gasteiger charge is -1.99. The van der Waals surface area contributed by atoms with Gasteiger partial charge in [-0.25, -0.2) is 0 Å². The minimum atomic E-state index is 0.122. The van der Waals surface area contributed by atoms with E-state index in [9.17, 15) is 4.79 Å². The summed E-state index contributed by atoms with van der Waals surface area (Å²) in [6, 6.07) is 0. The first-order valence-electron chi connectivity index (χ1n) is 7.68. The number of ketones is 1. The van der Waals surface area contributed by atoms with Crippen LogP contribution in [-0.2, 0) is 4.79 Å². The molecule has 0 N–H and O–H groups in total. The predicted octanol–water partition coefficient (Wildman–Crippen LogP) is 5.61. The third kappa shape index (κ3) is 13.2. The normalized spacial score (nSPS) is 11.7. The van der Waals surface area contributed by atoms with E-state index in [2.05, 4.69) is 6.92 Å². The number of unbranched alkanes of at least 4 members (excludes halogenated alkanes) is 8. The van der Waals surface area contributed by atoms with Gasteiger partial charge >= 0.3 is 0 Å². The van der Waals surface area contributed by atoms with Crippen LogP contribution < -0.4 is 0 Å². The summed E-state index contributed by atoms with van der Waals surface area (Å²) in [5.41, 5.74) is 0. The average Bonchev–Trinajstić information content (AvgIpc) is 2.38. The zero-order valence-electron chi connectivity index (χ0n) is 12.3. The molecule has 1 nitrogen and oxygen atoms in total. The molecule has 18 heavy (non-hydrogen) atoms. The van der Waals surface area contributed by atoms with Gasteiger partial charge in [-0.1, -0.05) is 70.9 Å². The maximum atomic E-state index is 11.3. The van der Waals surface area contributed by atoms with E-state index in [1.807, 2.05) is 19.1 Å². The van der Waals surface area contributed by atoms with Crippen LogP contribution in [0.5, 0.6) is 0 Å². The largest absolute Gasteiger partial charge is 0.290 e. The molecule has 0 amide bonds. The van der Waals surface area contributed by atoms with Crippen molar-refractivity contribution in [2.45, 2.75) is 78.1 Å². The molecule has 0 radical (unpaired) electrons. The zero-order chi connectivity index (χ0) is 13.5. The van der Waals surface area contributed by atoms with Gasteiger partial charge in [0, 0.05) is 0 Å². The SMILES string of the molecule is CC/C=C/C(=O)/C=C/CCCCCCCCCC. The van der Waals surface area contributed by atoms with Gasteiger partial charge in [0.05, 0.1) is 0 Å². The van der Waals surface area contributed by atoms with Crippen LogP contribution in [0.4, 0.5) is 0 Å². The first-order valence-corrected chi connectivity index (χ1v) is 7.68. The molecule has 1 heteroatoms. The summed E-state index contributed by atoms with van der Waals surface area (Å²) in [7, 11) is 0. The van der Waals surface area contributed by atoms with Crippen LogP contribution in [0.15, 0.2) is 24.3 Å². The minimum absolute atomic E-state index is 0.122. The summed E-state index contributed by atoms with van der Waals surface area (Å²) in [6.45, 7) is 4.29. The first-order chi connectivity index (χ1) is 8.81. The van der Waals surface area contributed by atoms with Crippen LogP contribution in [-0.4, -0.2) is 5.78 Å². The number of rotatable bonds is 12. The van der Waals surface area contributed by atoms with E-state index in [0.717, 1.165) is 12.8 Å². The third-order valence-electron chi connectivity index (χ3n) is 3.02. The number of carbonyl (C=O) groups excluding carboxylic acids is 1. The lowest BCUT2D eigenvalue weighted by atomic mass is 10.1. The van der Waals surface area contributed by atoms with Crippen LogP contribution in [0.2, 0.25) is 0 Å². The van der Waals surface area contributed by atoms with Crippen LogP contribution >= 0.6 is 0 Å². The molecule has 0 aliphatic rings. The van der Waals surface area contributed by atoms with Gasteiger partial charge in [-0.05, 0) is 31.4 Å². The molecule has 0 rings (SSSR count). The summed E-state index contributed by atoms with van der Waals surface area (Å²) in [6.07, 6.45) is 20.0. The topological polar surface area (TPSA) is 17.1 Å². The van der Waals surface area contributed by atoms with Gasteiger partial charge in [-0.15, -0.1) is 0 Å². The van der Waals surface area contributed by atoms with E-state index in [0.29, 0.717) is 0 Å². The number of carbonyl (C=O) groups is 1. The Morgan fingerprint density at radius 2 is 1.33 bits per heavy atom. The highest BCUT2D eigenvalue weighted by atomic mass is 16.1. The Morgan fingerprint density at radius 1 is 0.778 bits per heavy atom. The lowest BCUT2D eigenvalue weighted by Crippen LogP contribution is -1.84. The molecule has 0 atom stereocenters. The molecule has 0 spiro atoms. The highest BCUT2D eigenvalue weighted by Crippen LogP contribution is 2.09. The van der Waals surface area contributed by atoms with Crippen LogP contribution in [0, 0.1) is 0 Å². The molecule has 0 aliphatic heterocycles. The van der Waals surface area contributed by atoms with Crippen molar-refractivity contribution in [1.82, 2.24) is 0 Å². The molecule has 0 saturated heterocycles. The number of hydrogen-bond acceptors (Lipinski definition) is 1. The fraction of sp³-hybridized carbons (Fsp3) is 0.706. The van der Waals surface area contributed by atoms with Crippen LogP contribution in [0.3, 0.4) is 0 Å². The standard InChI is InChI=1S/C17H30O/c1-3-5-7-8-9-10-11-12-13-14-16-17(18)15-6-4-2/h6,14-16H,3-5,7-13H2,1-2H3/b15-6+,16-14+. The molecule has 0 aromatic rings. The second-order valence-corrected chi connectivity index (χ2v) is 4.88. The number of hydrogen-bond donors (Lipinski definition) is 0. The minimum Gasteiger partial charge on any atom is -0.290 e. The summed E-state index contributed by atoms with van der Waals surface area (Å²) in [5.74, 6) is 0.122. The van der Waals surface area contributed by atoms with Gasteiger partial charge < -0.3 is 0 Å². The van der Waals surface area contributed by atoms with Gasteiger partial charge in [0.15, 0.2) is 5.78 Å². The van der Waals surface area contributed by atoms with Crippen molar-refractivity contribution >= 4 is 5.78 Å². The maximum absolute atomic E-state index is 11.3. The molecule has 0 bridgehead atoms. The Labute approximate surface area is 113 Å². The van der Waals surface area contributed by atoms with Gasteiger partial charge in [0.2, 0.25) is 0 Å². The highest BCUT2D eigenvalue weighted by Gasteiger charge is 1.91. The Bertz CT molecular complexity index is 238. The number of allylic oxidation sites excluding steroid dienone is 4. The molecule has 0 aromatic carbocycles.